The average molecular weight is 310 g/mol. The van der Waals surface area contributed by atoms with Crippen molar-refractivity contribution in [2.75, 3.05) is 19.6 Å². The van der Waals surface area contributed by atoms with Gasteiger partial charge in [-0.2, -0.15) is 0 Å². The SMILES string of the molecule is CCCCCCCCNC1C2CN(C(=O)OC(C)(C)C)CC21. The molecule has 0 spiro atoms. The van der Waals surface area contributed by atoms with E-state index in [9.17, 15) is 4.79 Å². The molecule has 128 valence electrons. The Kier molecular flexibility index (Phi) is 6.13. The van der Waals surface area contributed by atoms with Crippen molar-refractivity contribution in [3.8, 4) is 0 Å². The van der Waals surface area contributed by atoms with Gasteiger partial charge in [0.1, 0.15) is 5.60 Å². The first-order valence-electron chi connectivity index (χ1n) is 9.13. The Hall–Kier alpha value is -0.770. The number of fused-ring (bicyclic) bond motifs is 1. The molecular formula is C18H34N2O2. The van der Waals surface area contributed by atoms with Crippen LogP contribution in [0.3, 0.4) is 0 Å². The summed E-state index contributed by atoms with van der Waals surface area (Å²) in [5.74, 6) is 1.32. The number of likely N-dealkylation sites (tertiary alicyclic amines) is 1. The Morgan fingerprint density at radius 1 is 1.09 bits per heavy atom. The molecule has 2 aliphatic rings. The van der Waals surface area contributed by atoms with E-state index in [0.29, 0.717) is 17.9 Å². The molecule has 1 saturated heterocycles. The number of nitrogens with zero attached hydrogens (tertiary/aromatic N) is 1. The first-order chi connectivity index (χ1) is 10.4. The molecule has 0 bridgehead atoms. The fourth-order valence-corrected chi connectivity index (χ4v) is 3.48. The van der Waals surface area contributed by atoms with Crippen LogP contribution in [-0.4, -0.2) is 42.3 Å². The number of hydrogen-bond donors (Lipinski definition) is 1. The van der Waals surface area contributed by atoms with Crippen molar-refractivity contribution >= 4 is 6.09 Å². The molecule has 2 fully saturated rings. The van der Waals surface area contributed by atoms with Crippen molar-refractivity contribution in [1.82, 2.24) is 10.2 Å². The van der Waals surface area contributed by atoms with Crippen molar-refractivity contribution in [1.29, 1.82) is 0 Å². The van der Waals surface area contributed by atoms with Crippen molar-refractivity contribution in [3.05, 3.63) is 0 Å². The zero-order chi connectivity index (χ0) is 16.2. The number of amides is 1. The van der Waals surface area contributed by atoms with Gasteiger partial charge in [-0.05, 0) is 45.6 Å². The van der Waals surface area contributed by atoms with Crippen LogP contribution in [0.25, 0.3) is 0 Å². The maximum atomic E-state index is 12.0. The monoisotopic (exact) mass is 310 g/mol. The number of carbonyl (C=O) groups is 1. The quantitative estimate of drug-likeness (QED) is 0.693. The van der Waals surface area contributed by atoms with E-state index in [0.717, 1.165) is 19.6 Å². The highest BCUT2D eigenvalue weighted by Crippen LogP contribution is 2.45. The highest BCUT2D eigenvalue weighted by atomic mass is 16.6. The third kappa shape index (κ3) is 5.15. The number of carbonyl (C=O) groups excluding carboxylic acids is 1. The maximum Gasteiger partial charge on any atom is 0.410 e. The van der Waals surface area contributed by atoms with Gasteiger partial charge in [-0.3, -0.25) is 0 Å². The topological polar surface area (TPSA) is 41.6 Å². The van der Waals surface area contributed by atoms with Gasteiger partial charge in [0.05, 0.1) is 0 Å². The molecule has 4 nitrogen and oxygen atoms in total. The Morgan fingerprint density at radius 3 is 2.27 bits per heavy atom. The van der Waals surface area contributed by atoms with Crippen LogP contribution in [0.2, 0.25) is 0 Å². The number of nitrogens with one attached hydrogen (secondary N) is 1. The summed E-state index contributed by atoms with van der Waals surface area (Å²) < 4.78 is 5.44. The molecule has 22 heavy (non-hydrogen) atoms. The zero-order valence-corrected chi connectivity index (χ0v) is 14.9. The summed E-state index contributed by atoms with van der Waals surface area (Å²) in [5, 5.41) is 3.68. The summed E-state index contributed by atoms with van der Waals surface area (Å²) in [4.78, 5) is 13.9. The summed E-state index contributed by atoms with van der Waals surface area (Å²) in [6.07, 6.45) is 7.94. The Labute approximate surface area is 136 Å². The summed E-state index contributed by atoms with van der Waals surface area (Å²) in [5.41, 5.74) is -0.390. The number of hydrogen-bond acceptors (Lipinski definition) is 3. The molecule has 1 aliphatic carbocycles. The smallest absolute Gasteiger partial charge is 0.410 e. The molecule has 1 saturated carbocycles. The normalized spacial score (nSPS) is 26.9. The van der Waals surface area contributed by atoms with Gasteiger partial charge in [0.2, 0.25) is 0 Å². The molecule has 2 atom stereocenters. The zero-order valence-electron chi connectivity index (χ0n) is 14.9. The van der Waals surface area contributed by atoms with Gasteiger partial charge in [-0.25, -0.2) is 4.79 Å². The van der Waals surface area contributed by atoms with Crippen LogP contribution in [-0.2, 0) is 4.74 Å². The van der Waals surface area contributed by atoms with E-state index in [1.54, 1.807) is 0 Å². The van der Waals surface area contributed by atoms with E-state index in [1.807, 2.05) is 25.7 Å². The molecule has 0 aromatic carbocycles. The first-order valence-corrected chi connectivity index (χ1v) is 9.13. The minimum absolute atomic E-state index is 0.144. The molecule has 0 radical (unpaired) electrons. The minimum atomic E-state index is -0.390. The lowest BCUT2D eigenvalue weighted by molar-refractivity contribution is 0.0269. The van der Waals surface area contributed by atoms with E-state index in [4.69, 9.17) is 4.74 Å². The highest BCUT2D eigenvalue weighted by molar-refractivity contribution is 5.69. The molecule has 1 amide bonds. The molecular weight excluding hydrogens is 276 g/mol. The largest absolute Gasteiger partial charge is 0.444 e. The second-order valence-corrected chi connectivity index (χ2v) is 7.96. The van der Waals surface area contributed by atoms with Crippen LogP contribution >= 0.6 is 0 Å². The van der Waals surface area contributed by atoms with Gasteiger partial charge in [0.15, 0.2) is 0 Å². The van der Waals surface area contributed by atoms with E-state index < -0.39 is 0 Å². The molecule has 2 unspecified atom stereocenters. The Morgan fingerprint density at radius 2 is 1.68 bits per heavy atom. The van der Waals surface area contributed by atoms with Gasteiger partial charge >= 0.3 is 6.09 Å². The van der Waals surface area contributed by atoms with E-state index in [1.165, 1.54) is 38.5 Å². The molecule has 4 heteroatoms. The Balaban J connectivity index is 1.52. The summed E-state index contributed by atoms with van der Waals surface area (Å²) in [7, 11) is 0. The van der Waals surface area contributed by atoms with Crippen molar-refractivity contribution < 1.29 is 9.53 Å². The predicted octanol–water partition coefficient (Wildman–Crippen LogP) is 3.80. The van der Waals surface area contributed by atoms with Crippen molar-refractivity contribution in [2.45, 2.75) is 77.9 Å². The number of ether oxygens (including phenoxy) is 1. The lowest BCUT2D eigenvalue weighted by Crippen LogP contribution is -2.39. The Bertz CT molecular complexity index is 353. The van der Waals surface area contributed by atoms with Crippen LogP contribution in [0.5, 0.6) is 0 Å². The molecule has 0 aromatic rings. The first kappa shape index (κ1) is 17.6. The fourth-order valence-electron chi connectivity index (χ4n) is 3.48. The van der Waals surface area contributed by atoms with E-state index >= 15 is 0 Å². The predicted molar refractivity (Wildman–Crippen MR) is 90.0 cm³/mol. The number of piperidine rings is 1. The van der Waals surface area contributed by atoms with Crippen LogP contribution in [0, 0.1) is 11.8 Å². The van der Waals surface area contributed by atoms with Crippen LogP contribution < -0.4 is 5.32 Å². The highest BCUT2D eigenvalue weighted by Gasteiger charge is 2.56. The van der Waals surface area contributed by atoms with Crippen LogP contribution in [0.15, 0.2) is 0 Å². The fraction of sp³-hybridized carbons (Fsp3) is 0.944. The van der Waals surface area contributed by atoms with E-state index in [2.05, 4.69) is 12.2 Å². The van der Waals surface area contributed by atoms with Gasteiger partial charge in [-0.1, -0.05) is 39.0 Å². The van der Waals surface area contributed by atoms with Gasteiger partial charge in [0, 0.05) is 19.1 Å². The van der Waals surface area contributed by atoms with Gasteiger partial charge < -0.3 is 15.0 Å². The van der Waals surface area contributed by atoms with Gasteiger partial charge in [-0.15, -0.1) is 0 Å². The standard InChI is InChI=1S/C18H34N2O2/c1-5-6-7-8-9-10-11-19-16-14-12-20(13-15(14)16)17(21)22-18(2,3)4/h14-16,19H,5-13H2,1-4H3. The molecule has 1 aliphatic heterocycles. The maximum absolute atomic E-state index is 12.0. The number of rotatable bonds is 8. The third-order valence-electron chi connectivity index (χ3n) is 4.76. The third-order valence-corrected chi connectivity index (χ3v) is 4.76. The molecule has 0 aromatic heterocycles. The molecule has 1 N–H and O–H groups in total. The number of unbranched alkanes of at least 4 members (excludes halogenated alkanes) is 5. The lowest BCUT2D eigenvalue weighted by Gasteiger charge is -2.26. The van der Waals surface area contributed by atoms with Gasteiger partial charge in [0.25, 0.3) is 0 Å². The average Bonchev–Trinajstić information content (AvgIpc) is 2.88. The summed E-state index contributed by atoms with van der Waals surface area (Å²) in [6.45, 7) is 10.9. The molecule has 2 rings (SSSR count). The van der Waals surface area contributed by atoms with E-state index in [-0.39, 0.29) is 11.7 Å². The summed E-state index contributed by atoms with van der Waals surface area (Å²) in [6, 6.07) is 0.648. The summed E-state index contributed by atoms with van der Waals surface area (Å²) >= 11 is 0. The van der Waals surface area contributed by atoms with Crippen molar-refractivity contribution in [3.63, 3.8) is 0 Å². The van der Waals surface area contributed by atoms with Crippen LogP contribution in [0.4, 0.5) is 4.79 Å². The second kappa shape index (κ2) is 7.67. The lowest BCUT2D eigenvalue weighted by atomic mass is 10.1. The second-order valence-electron chi connectivity index (χ2n) is 7.96. The van der Waals surface area contributed by atoms with Crippen LogP contribution in [0.1, 0.15) is 66.2 Å². The van der Waals surface area contributed by atoms with Crippen molar-refractivity contribution in [2.24, 2.45) is 11.8 Å². The molecule has 1 heterocycles. The minimum Gasteiger partial charge on any atom is -0.444 e.